The highest BCUT2D eigenvalue weighted by Crippen LogP contribution is 2.14. The van der Waals surface area contributed by atoms with Gasteiger partial charge < -0.3 is 5.32 Å². The molecule has 4 heteroatoms. The van der Waals surface area contributed by atoms with Gasteiger partial charge in [0.1, 0.15) is 11.9 Å². The standard InChI is InChI=1S/C13H10FN3/c14-13-5-4-11(7-10(13)8-15)17-9-12-3-1-2-6-16-12/h1-7,17H,9H2. The van der Waals surface area contributed by atoms with E-state index < -0.39 is 5.82 Å². The number of nitrogens with one attached hydrogen (secondary N) is 1. The van der Waals surface area contributed by atoms with Gasteiger partial charge in [-0.2, -0.15) is 5.26 Å². The summed E-state index contributed by atoms with van der Waals surface area (Å²) in [6, 6.07) is 11.8. The molecule has 0 aliphatic rings. The number of aromatic nitrogens is 1. The average molecular weight is 227 g/mol. The molecule has 0 saturated carbocycles. The SMILES string of the molecule is N#Cc1cc(NCc2ccccn2)ccc1F. The molecule has 0 aliphatic carbocycles. The lowest BCUT2D eigenvalue weighted by Gasteiger charge is -2.06. The lowest BCUT2D eigenvalue weighted by atomic mass is 10.2. The summed E-state index contributed by atoms with van der Waals surface area (Å²) in [7, 11) is 0. The largest absolute Gasteiger partial charge is 0.379 e. The Balaban J connectivity index is 2.08. The van der Waals surface area contributed by atoms with Gasteiger partial charge in [0.05, 0.1) is 17.8 Å². The van der Waals surface area contributed by atoms with Crippen LogP contribution in [0.2, 0.25) is 0 Å². The Bertz CT molecular complexity index is 546. The van der Waals surface area contributed by atoms with E-state index in [-0.39, 0.29) is 5.56 Å². The normalized spacial score (nSPS) is 9.65. The van der Waals surface area contributed by atoms with Crippen LogP contribution in [0.3, 0.4) is 0 Å². The topological polar surface area (TPSA) is 48.7 Å². The fourth-order valence-electron chi connectivity index (χ4n) is 1.42. The first-order valence-electron chi connectivity index (χ1n) is 5.13. The van der Waals surface area contributed by atoms with Crippen LogP contribution in [-0.4, -0.2) is 4.98 Å². The molecule has 1 aromatic heterocycles. The highest BCUT2D eigenvalue weighted by Gasteiger charge is 2.02. The van der Waals surface area contributed by atoms with Gasteiger partial charge in [0, 0.05) is 11.9 Å². The van der Waals surface area contributed by atoms with Gasteiger partial charge in [0.2, 0.25) is 0 Å². The van der Waals surface area contributed by atoms with Crippen LogP contribution in [-0.2, 0) is 6.54 Å². The van der Waals surface area contributed by atoms with Crippen molar-refractivity contribution >= 4 is 5.69 Å². The molecule has 1 N–H and O–H groups in total. The van der Waals surface area contributed by atoms with Crippen molar-refractivity contribution in [2.45, 2.75) is 6.54 Å². The maximum absolute atomic E-state index is 13.1. The first-order chi connectivity index (χ1) is 8.29. The van der Waals surface area contributed by atoms with E-state index >= 15 is 0 Å². The molecule has 0 atom stereocenters. The highest BCUT2D eigenvalue weighted by molar-refractivity contribution is 5.49. The molecule has 3 nitrogen and oxygen atoms in total. The number of nitriles is 1. The molecule has 1 aromatic carbocycles. The van der Waals surface area contributed by atoms with Crippen molar-refractivity contribution in [3.05, 3.63) is 59.7 Å². The van der Waals surface area contributed by atoms with Crippen molar-refractivity contribution in [3.63, 3.8) is 0 Å². The Labute approximate surface area is 98.5 Å². The number of hydrogen-bond donors (Lipinski definition) is 1. The Morgan fingerprint density at radius 2 is 2.18 bits per heavy atom. The Morgan fingerprint density at radius 1 is 1.29 bits per heavy atom. The van der Waals surface area contributed by atoms with Crippen LogP contribution in [0.5, 0.6) is 0 Å². The summed E-state index contributed by atoms with van der Waals surface area (Å²) >= 11 is 0. The number of rotatable bonds is 3. The lowest BCUT2D eigenvalue weighted by molar-refractivity contribution is 0.624. The monoisotopic (exact) mass is 227 g/mol. The van der Waals surface area contributed by atoms with Crippen LogP contribution in [0.1, 0.15) is 11.3 Å². The summed E-state index contributed by atoms with van der Waals surface area (Å²) in [6.07, 6.45) is 1.71. The van der Waals surface area contributed by atoms with Gasteiger partial charge >= 0.3 is 0 Å². The van der Waals surface area contributed by atoms with Gasteiger partial charge in [0.25, 0.3) is 0 Å². The average Bonchev–Trinajstić information content (AvgIpc) is 2.39. The van der Waals surface area contributed by atoms with E-state index in [0.29, 0.717) is 12.2 Å². The van der Waals surface area contributed by atoms with E-state index in [1.165, 1.54) is 12.1 Å². The third-order valence-electron chi connectivity index (χ3n) is 2.29. The van der Waals surface area contributed by atoms with Crippen molar-refractivity contribution in [2.24, 2.45) is 0 Å². The summed E-state index contributed by atoms with van der Waals surface area (Å²) in [5, 5.41) is 11.8. The fraction of sp³-hybridized carbons (Fsp3) is 0.0769. The van der Waals surface area contributed by atoms with Gasteiger partial charge in [-0.15, -0.1) is 0 Å². The maximum atomic E-state index is 13.1. The van der Waals surface area contributed by atoms with Crippen LogP contribution >= 0.6 is 0 Å². The number of hydrogen-bond acceptors (Lipinski definition) is 3. The molecule has 0 saturated heterocycles. The number of anilines is 1. The molecule has 17 heavy (non-hydrogen) atoms. The molecule has 2 aromatic rings. The van der Waals surface area contributed by atoms with Gasteiger partial charge in [-0.05, 0) is 30.3 Å². The van der Waals surface area contributed by atoms with Crippen molar-refractivity contribution in [1.82, 2.24) is 4.98 Å². The Hall–Kier alpha value is -2.41. The summed E-state index contributed by atoms with van der Waals surface area (Å²) in [5.41, 5.74) is 1.62. The van der Waals surface area contributed by atoms with E-state index in [1.54, 1.807) is 18.3 Å². The van der Waals surface area contributed by atoms with Crippen LogP contribution in [0.4, 0.5) is 10.1 Å². The zero-order valence-corrected chi connectivity index (χ0v) is 9.02. The second-order valence-electron chi connectivity index (χ2n) is 3.48. The number of halogens is 1. The van der Waals surface area contributed by atoms with Crippen molar-refractivity contribution < 1.29 is 4.39 Å². The van der Waals surface area contributed by atoms with Crippen molar-refractivity contribution in [2.75, 3.05) is 5.32 Å². The van der Waals surface area contributed by atoms with Crippen LogP contribution in [0.25, 0.3) is 0 Å². The lowest BCUT2D eigenvalue weighted by Crippen LogP contribution is -2.01. The smallest absolute Gasteiger partial charge is 0.141 e. The zero-order chi connectivity index (χ0) is 12.1. The highest BCUT2D eigenvalue weighted by atomic mass is 19.1. The zero-order valence-electron chi connectivity index (χ0n) is 9.02. The van der Waals surface area contributed by atoms with E-state index in [1.807, 2.05) is 18.2 Å². The quantitative estimate of drug-likeness (QED) is 0.877. The molecular weight excluding hydrogens is 217 g/mol. The number of benzene rings is 1. The first kappa shape index (κ1) is 11.1. The molecule has 1 heterocycles. The first-order valence-corrected chi connectivity index (χ1v) is 5.13. The molecule has 0 amide bonds. The number of nitrogens with zero attached hydrogens (tertiary/aromatic N) is 2. The molecular formula is C13H10FN3. The summed E-state index contributed by atoms with van der Waals surface area (Å²) in [6.45, 7) is 0.539. The minimum absolute atomic E-state index is 0.0380. The Kier molecular flexibility index (Phi) is 3.31. The minimum Gasteiger partial charge on any atom is -0.379 e. The fourth-order valence-corrected chi connectivity index (χ4v) is 1.42. The second-order valence-corrected chi connectivity index (χ2v) is 3.48. The minimum atomic E-state index is -0.504. The predicted octanol–water partition coefficient (Wildman–Crippen LogP) is 2.70. The van der Waals surface area contributed by atoms with Crippen molar-refractivity contribution in [3.8, 4) is 6.07 Å². The van der Waals surface area contributed by atoms with Crippen LogP contribution < -0.4 is 5.32 Å². The van der Waals surface area contributed by atoms with E-state index in [4.69, 9.17) is 5.26 Å². The van der Waals surface area contributed by atoms with Gasteiger partial charge in [0.15, 0.2) is 0 Å². The van der Waals surface area contributed by atoms with E-state index in [9.17, 15) is 4.39 Å². The van der Waals surface area contributed by atoms with Gasteiger partial charge in [-0.25, -0.2) is 4.39 Å². The second kappa shape index (κ2) is 5.08. The van der Waals surface area contributed by atoms with E-state index in [0.717, 1.165) is 5.69 Å². The molecule has 0 fully saturated rings. The van der Waals surface area contributed by atoms with Gasteiger partial charge in [-0.3, -0.25) is 4.98 Å². The van der Waals surface area contributed by atoms with E-state index in [2.05, 4.69) is 10.3 Å². The molecule has 0 aliphatic heterocycles. The molecule has 2 rings (SSSR count). The summed E-state index contributed by atoms with van der Waals surface area (Å²) < 4.78 is 13.1. The number of pyridine rings is 1. The molecule has 0 radical (unpaired) electrons. The van der Waals surface area contributed by atoms with Crippen LogP contribution in [0.15, 0.2) is 42.6 Å². The maximum Gasteiger partial charge on any atom is 0.141 e. The Morgan fingerprint density at radius 3 is 2.88 bits per heavy atom. The summed E-state index contributed by atoms with van der Waals surface area (Å²) in [4.78, 5) is 4.15. The molecule has 0 spiro atoms. The van der Waals surface area contributed by atoms with Crippen LogP contribution in [0, 0.1) is 17.1 Å². The van der Waals surface area contributed by atoms with Crippen molar-refractivity contribution in [1.29, 1.82) is 5.26 Å². The third-order valence-corrected chi connectivity index (χ3v) is 2.29. The molecule has 0 bridgehead atoms. The summed E-state index contributed by atoms with van der Waals surface area (Å²) in [5.74, 6) is -0.504. The third kappa shape index (κ3) is 2.79. The molecule has 0 unspecified atom stereocenters. The molecule has 84 valence electrons. The van der Waals surface area contributed by atoms with Gasteiger partial charge in [-0.1, -0.05) is 6.07 Å². The predicted molar refractivity (Wildman–Crippen MR) is 62.7 cm³/mol.